The van der Waals surface area contributed by atoms with Gasteiger partial charge in [0.1, 0.15) is 6.54 Å². The van der Waals surface area contributed by atoms with Gasteiger partial charge in [0.05, 0.1) is 0 Å². The van der Waals surface area contributed by atoms with Crippen LogP contribution in [0, 0.1) is 6.92 Å². The number of carbonyl (C=O) groups is 1. The lowest BCUT2D eigenvalue weighted by molar-refractivity contribution is -0.122. The van der Waals surface area contributed by atoms with Crippen molar-refractivity contribution in [3.8, 4) is 0 Å². The molecule has 0 atom stereocenters. The van der Waals surface area contributed by atoms with Gasteiger partial charge in [0.2, 0.25) is 5.91 Å². The Labute approximate surface area is 164 Å². The minimum absolute atomic E-state index is 0.101. The van der Waals surface area contributed by atoms with Gasteiger partial charge in [0, 0.05) is 46.7 Å². The van der Waals surface area contributed by atoms with Gasteiger partial charge in [0.25, 0.3) is 0 Å². The highest BCUT2D eigenvalue weighted by atomic mass is 79.9. The van der Waals surface area contributed by atoms with Gasteiger partial charge in [-0.3, -0.25) is 9.69 Å². The van der Waals surface area contributed by atoms with Crippen LogP contribution in [0.4, 0.5) is 0 Å². The predicted molar refractivity (Wildman–Crippen MR) is 111 cm³/mol. The smallest absolute Gasteiger partial charge is 0.240 e. The van der Waals surface area contributed by atoms with Gasteiger partial charge in [0.15, 0.2) is 0 Å². The summed E-state index contributed by atoms with van der Waals surface area (Å²) in [6.07, 6.45) is 4.32. The van der Waals surface area contributed by atoms with Crippen LogP contribution in [0.25, 0.3) is 10.9 Å². The van der Waals surface area contributed by atoms with E-state index < -0.39 is 0 Å². The number of nitrogens with one attached hydrogen (secondary N) is 1. The van der Waals surface area contributed by atoms with Gasteiger partial charge >= 0.3 is 0 Å². The summed E-state index contributed by atoms with van der Waals surface area (Å²) in [6.45, 7) is 9.81. The summed E-state index contributed by atoms with van der Waals surface area (Å²) >= 11 is 3.66. The highest BCUT2D eigenvalue weighted by Crippen LogP contribution is 2.30. The fraction of sp³-hybridized carbons (Fsp3) is 0.476. The average Bonchev–Trinajstić information content (AvgIpc) is 2.86. The first-order valence-corrected chi connectivity index (χ1v) is 10.1. The molecule has 0 radical (unpaired) electrons. The van der Waals surface area contributed by atoms with Crippen LogP contribution in [0.5, 0.6) is 0 Å². The summed E-state index contributed by atoms with van der Waals surface area (Å²) < 4.78 is 3.17. The van der Waals surface area contributed by atoms with Crippen LogP contribution in [-0.4, -0.2) is 41.1 Å². The summed E-state index contributed by atoms with van der Waals surface area (Å²) in [7, 11) is 0. The number of nitrogens with zero attached hydrogens (tertiary/aromatic N) is 2. The van der Waals surface area contributed by atoms with Gasteiger partial charge < -0.3 is 9.88 Å². The Morgan fingerprint density at radius 1 is 1.27 bits per heavy atom. The first kappa shape index (κ1) is 19.2. The molecule has 5 heteroatoms. The molecule has 1 saturated heterocycles. The lowest BCUT2D eigenvalue weighted by Crippen LogP contribution is -2.45. The fourth-order valence-corrected chi connectivity index (χ4v) is 4.13. The van der Waals surface area contributed by atoms with Crippen LogP contribution >= 0.6 is 15.9 Å². The number of carbonyl (C=O) groups excluding carboxylic acids is 1. The lowest BCUT2D eigenvalue weighted by atomic mass is 10.0. The van der Waals surface area contributed by atoms with Crippen LogP contribution < -0.4 is 5.32 Å². The molecule has 1 aliphatic heterocycles. The molecule has 1 N–H and O–H groups in total. The third kappa shape index (κ3) is 4.38. The van der Waals surface area contributed by atoms with Gasteiger partial charge in [-0.1, -0.05) is 29.8 Å². The highest BCUT2D eigenvalue weighted by molar-refractivity contribution is 9.10. The molecule has 0 spiro atoms. The Morgan fingerprint density at radius 2 is 1.96 bits per heavy atom. The number of hydrogen-bond acceptors (Lipinski definition) is 2. The quantitative estimate of drug-likeness (QED) is 0.737. The molecule has 1 amide bonds. The number of hydrogen-bond donors (Lipinski definition) is 1. The fourth-order valence-electron chi connectivity index (χ4n) is 3.58. The zero-order chi connectivity index (χ0) is 18.7. The maximum absolute atomic E-state index is 12.6. The van der Waals surface area contributed by atoms with Crippen LogP contribution in [0.3, 0.4) is 0 Å². The third-order valence-corrected chi connectivity index (χ3v) is 6.17. The molecule has 26 heavy (non-hydrogen) atoms. The van der Waals surface area contributed by atoms with Crippen molar-refractivity contribution in [3.63, 3.8) is 0 Å². The lowest BCUT2D eigenvalue weighted by Gasteiger charge is -2.31. The molecular weight excluding hydrogens is 390 g/mol. The number of benzene rings is 1. The number of allylic oxidation sites excluding steroid dienone is 1. The molecule has 2 aromatic rings. The Kier molecular flexibility index (Phi) is 6.20. The van der Waals surface area contributed by atoms with Crippen molar-refractivity contribution in [1.29, 1.82) is 0 Å². The SMILES string of the molecule is CC(C)=CCN1CCC(NC(=O)Cn2c(C)c(Br)c3ccccc32)CC1. The maximum atomic E-state index is 12.6. The van der Waals surface area contributed by atoms with Crippen molar-refractivity contribution in [1.82, 2.24) is 14.8 Å². The predicted octanol–water partition coefficient (Wildman–Crippen LogP) is 4.26. The molecule has 1 fully saturated rings. The van der Waals surface area contributed by atoms with Gasteiger partial charge in [-0.25, -0.2) is 0 Å². The van der Waals surface area contributed by atoms with E-state index in [4.69, 9.17) is 0 Å². The highest BCUT2D eigenvalue weighted by Gasteiger charge is 2.21. The number of rotatable bonds is 5. The summed E-state index contributed by atoms with van der Waals surface area (Å²) in [5.41, 5.74) is 3.56. The zero-order valence-electron chi connectivity index (χ0n) is 15.9. The van der Waals surface area contributed by atoms with Crippen molar-refractivity contribution < 1.29 is 4.79 Å². The summed E-state index contributed by atoms with van der Waals surface area (Å²) in [5.74, 6) is 0.101. The molecule has 0 saturated carbocycles. The minimum atomic E-state index is 0.101. The van der Waals surface area contributed by atoms with Crippen molar-refractivity contribution in [2.75, 3.05) is 19.6 Å². The van der Waals surface area contributed by atoms with Gasteiger partial charge in [-0.05, 0) is 55.6 Å². The van der Waals surface area contributed by atoms with Crippen molar-refractivity contribution >= 4 is 32.7 Å². The topological polar surface area (TPSA) is 37.3 Å². The Bertz CT molecular complexity index is 812. The molecule has 1 aliphatic rings. The molecule has 0 aliphatic carbocycles. The van der Waals surface area contributed by atoms with Crippen LogP contribution in [-0.2, 0) is 11.3 Å². The van der Waals surface area contributed by atoms with E-state index in [1.807, 2.05) is 12.1 Å². The second-order valence-electron chi connectivity index (χ2n) is 7.43. The molecule has 4 nitrogen and oxygen atoms in total. The van der Waals surface area contributed by atoms with Crippen molar-refractivity contribution in [2.24, 2.45) is 0 Å². The Balaban J connectivity index is 1.57. The minimum Gasteiger partial charge on any atom is -0.352 e. The van der Waals surface area contributed by atoms with Gasteiger partial charge in [-0.2, -0.15) is 0 Å². The monoisotopic (exact) mass is 417 g/mol. The van der Waals surface area contributed by atoms with Crippen LogP contribution in [0.2, 0.25) is 0 Å². The van der Waals surface area contributed by atoms with E-state index >= 15 is 0 Å². The van der Waals surface area contributed by atoms with Crippen LogP contribution in [0.15, 0.2) is 40.4 Å². The van der Waals surface area contributed by atoms with E-state index in [2.05, 4.69) is 69.7 Å². The van der Waals surface area contributed by atoms with Crippen molar-refractivity contribution in [3.05, 3.63) is 46.1 Å². The molecule has 140 valence electrons. The number of aromatic nitrogens is 1. The number of fused-ring (bicyclic) bond motifs is 1. The number of para-hydroxylation sites is 1. The zero-order valence-corrected chi connectivity index (χ0v) is 17.5. The largest absolute Gasteiger partial charge is 0.352 e. The maximum Gasteiger partial charge on any atom is 0.240 e. The van der Waals surface area contributed by atoms with E-state index in [0.717, 1.165) is 53.5 Å². The molecular formula is C21H28BrN3O. The molecule has 1 aromatic heterocycles. The Hall–Kier alpha value is -1.59. The first-order chi connectivity index (χ1) is 12.5. The molecule has 0 bridgehead atoms. The number of amides is 1. The molecule has 2 heterocycles. The second kappa shape index (κ2) is 8.40. The van der Waals surface area contributed by atoms with Crippen molar-refractivity contribution in [2.45, 2.75) is 46.2 Å². The standard InChI is InChI=1S/C21H28BrN3O/c1-15(2)8-11-24-12-9-17(10-13-24)23-20(26)14-25-16(3)21(22)18-6-4-5-7-19(18)25/h4-8,17H,9-14H2,1-3H3,(H,23,26). The van der Waals surface area contributed by atoms with Crippen LogP contribution in [0.1, 0.15) is 32.4 Å². The van der Waals surface area contributed by atoms with E-state index in [0.29, 0.717) is 6.54 Å². The van der Waals surface area contributed by atoms with E-state index in [1.165, 1.54) is 5.57 Å². The summed E-state index contributed by atoms with van der Waals surface area (Å²) in [4.78, 5) is 15.1. The number of piperidine rings is 1. The van der Waals surface area contributed by atoms with Gasteiger partial charge in [-0.15, -0.1) is 0 Å². The molecule has 0 unspecified atom stereocenters. The second-order valence-corrected chi connectivity index (χ2v) is 8.22. The molecule has 3 rings (SSSR count). The van der Waals surface area contributed by atoms with E-state index in [9.17, 15) is 4.79 Å². The first-order valence-electron chi connectivity index (χ1n) is 9.34. The summed E-state index contributed by atoms with van der Waals surface area (Å²) in [5, 5.41) is 4.39. The summed E-state index contributed by atoms with van der Waals surface area (Å²) in [6, 6.07) is 8.49. The van der Waals surface area contributed by atoms with E-state index in [1.54, 1.807) is 0 Å². The average molecular weight is 418 g/mol. The normalized spacial score (nSPS) is 16.0. The molecule has 1 aromatic carbocycles. The Morgan fingerprint density at radius 3 is 2.65 bits per heavy atom. The van der Waals surface area contributed by atoms with E-state index in [-0.39, 0.29) is 11.9 Å². The number of likely N-dealkylation sites (tertiary alicyclic amines) is 1. The third-order valence-electron chi connectivity index (χ3n) is 5.17. The number of halogens is 1.